The average molecular weight is 545 g/mol. The van der Waals surface area contributed by atoms with Gasteiger partial charge in [0.15, 0.2) is 6.10 Å². The third-order valence-corrected chi connectivity index (χ3v) is 8.21. The summed E-state index contributed by atoms with van der Waals surface area (Å²) in [7, 11) is 0. The SMILES string of the molecule is CCOC(=O)c1c(N2C(=O)[C@H]3[C@H](ON(c4ccccc4)[C@H]3c3ccc(Cl)cc3Cl)C2=O)sc(C)c1C. The Kier molecular flexibility index (Phi) is 6.55. The summed E-state index contributed by atoms with van der Waals surface area (Å²) < 4.78 is 5.23. The van der Waals surface area contributed by atoms with Crippen molar-refractivity contribution >= 4 is 63.0 Å². The molecule has 3 atom stereocenters. The van der Waals surface area contributed by atoms with Crippen LogP contribution in [0, 0.1) is 19.8 Å². The molecule has 1 aromatic heterocycles. The van der Waals surface area contributed by atoms with Crippen LogP contribution >= 0.6 is 34.5 Å². The number of para-hydroxylation sites is 1. The van der Waals surface area contributed by atoms with Crippen LogP contribution in [0.3, 0.4) is 0 Å². The van der Waals surface area contributed by atoms with Crippen LogP contribution in [0.2, 0.25) is 10.0 Å². The molecule has 7 nitrogen and oxygen atoms in total. The zero-order valence-electron chi connectivity index (χ0n) is 19.7. The Morgan fingerprint density at radius 3 is 2.47 bits per heavy atom. The van der Waals surface area contributed by atoms with E-state index in [9.17, 15) is 14.4 Å². The highest BCUT2D eigenvalue weighted by Crippen LogP contribution is 2.50. The molecule has 2 fully saturated rings. The molecule has 2 aromatic carbocycles. The van der Waals surface area contributed by atoms with Crippen molar-refractivity contribution in [1.29, 1.82) is 0 Å². The van der Waals surface area contributed by atoms with E-state index in [1.165, 1.54) is 11.3 Å². The molecule has 0 radical (unpaired) electrons. The Bertz CT molecular complexity index is 1380. The fraction of sp³-hybridized carbons (Fsp3) is 0.269. The minimum Gasteiger partial charge on any atom is -0.462 e. The van der Waals surface area contributed by atoms with Crippen LogP contribution < -0.4 is 9.96 Å². The summed E-state index contributed by atoms with van der Waals surface area (Å²) in [6.45, 7) is 5.49. The summed E-state index contributed by atoms with van der Waals surface area (Å²) >= 11 is 13.9. The second-order valence-corrected chi connectivity index (χ2v) is 10.6. The van der Waals surface area contributed by atoms with Crippen molar-refractivity contribution in [2.75, 3.05) is 16.6 Å². The van der Waals surface area contributed by atoms with Crippen LogP contribution in [0.15, 0.2) is 48.5 Å². The van der Waals surface area contributed by atoms with E-state index in [2.05, 4.69) is 0 Å². The van der Waals surface area contributed by atoms with E-state index < -0.39 is 35.8 Å². The van der Waals surface area contributed by atoms with Crippen LogP contribution in [-0.4, -0.2) is 30.5 Å². The lowest BCUT2D eigenvalue weighted by atomic mass is 9.90. The molecular weight excluding hydrogens is 523 g/mol. The molecule has 0 bridgehead atoms. The number of nitrogens with zero attached hydrogens (tertiary/aromatic N) is 2. The third-order valence-electron chi connectivity index (χ3n) is 6.46. The number of thiophene rings is 1. The Morgan fingerprint density at radius 2 is 1.81 bits per heavy atom. The monoisotopic (exact) mass is 544 g/mol. The van der Waals surface area contributed by atoms with Gasteiger partial charge in [-0.25, -0.2) is 14.8 Å². The second-order valence-electron chi connectivity index (χ2n) is 8.52. The Labute approximate surface area is 222 Å². The minimum absolute atomic E-state index is 0.173. The van der Waals surface area contributed by atoms with Crippen molar-refractivity contribution in [3.63, 3.8) is 0 Å². The van der Waals surface area contributed by atoms with Gasteiger partial charge in [0.25, 0.3) is 5.91 Å². The molecule has 0 saturated carbocycles. The van der Waals surface area contributed by atoms with Gasteiger partial charge < -0.3 is 4.74 Å². The van der Waals surface area contributed by atoms with Crippen molar-refractivity contribution in [1.82, 2.24) is 0 Å². The van der Waals surface area contributed by atoms with Crippen LogP contribution in [0.5, 0.6) is 0 Å². The van der Waals surface area contributed by atoms with Crippen molar-refractivity contribution in [2.45, 2.75) is 32.9 Å². The predicted octanol–water partition coefficient (Wildman–Crippen LogP) is 5.90. The molecule has 0 aliphatic carbocycles. The number of hydrogen-bond donors (Lipinski definition) is 0. The molecule has 0 spiro atoms. The van der Waals surface area contributed by atoms with Gasteiger partial charge in [-0.15, -0.1) is 11.3 Å². The predicted molar refractivity (Wildman–Crippen MR) is 139 cm³/mol. The number of amides is 2. The number of carbonyl (C=O) groups excluding carboxylic acids is 3. The van der Waals surface area contributed by atoms with Gasteiger partial charge in [-0.05, 0) is 56.2 Å². The van der Waals surface area contributed by atoms with Gasteiger partial charge in [-0.1, -0.05) is 47.5 Å². The van der Waals surface area contributed by atoms with Crippen LogP contribution in [0.25, 0.3) is 0 Å². The standard InChI is InChI=1S/C26H22Cl2N2O5S/c1-4-34-26(33)19-13(2)14(3)36-25(19)29-23(31)20-21(17-11-10-15(27)12-18(17)28)30(35-22(20)24(29)32)16-8-6-5-7-9-16/h5-12,20-22H,4H2,1-3H3/t20-,21+,22+/m1/s1. The molecular formula is C26H22Cl2N2O5S. The van der Waals surface area contributed by atoms with Gasteiger partial charge in [0.1, 0.15) is 10.9 Å². The van der Waals surface area contributed by atoms with Crippen molar-refractivity contribution < 1.29 is 24.0 Å². The first-order chi connectivity index (χ1) is 17.2. The highest BCUT2D eigenvalue weighted by Gasteiger charge is 2.61. The fourth-order valence-electron chi connectivity index (χ4n) is 4.68. The maximum atomic E-state index is 14.0. The number of imide groups is 1. The topological polar surface area (TPSA) is 76.2 Å². The number of hydrogen-bond acceptors (Lipinski definition) is 7. The normalized spacial score (nSPS) is 21.3. The quantitative estimate of drug-likeness (QED) is 0.294. The number of anilines is 2. The van der Waals surface area contributed by atoms with Gasteiger partial charge in [-0.2, -0.15) is 0 Å². The van der Waals surface area contributed by atoms with Gasteiger partial charge in [0.05, 0.1) is 23.9 Å². The molecule has 3 aromatic rings. The molecule has 2 amide bonds. The zero-order valence-corrected chi connectivity index (χ0v) is 22.0. The lowest BCUT2D eigenvalue weighted by molar-refractivity contribution is -0.126. The lowest BCUT2D eigenvalue weighted by Gasteiger charge is -2.29. The Balaban J connectivity index is 1.62. The number of rotatable bonds is 5. The van der Waals surface area contributed by atoms with Gasteiger partial charge in [0.2, 0.25) is 5.91 Å². The van der Waals surface area contributed by atoms with E-state index in [1.807, 2.05) is 37.3 Å². The fourth-order valence-corrected chi connectivity index (χ4v) is 6.36. The van der Waals surface area contributed by atoms with E-state index in [1.54, 1.807) is 37.1 Å². The summed E-state index contributed by atoms with van der Waals surface area (Å²) in [5, 5.41) is 2.62. The molecule has 36 heavy (non-hydrogen) atoms. The van der Waals surface area contributed by atoms with Crippen LogP contribution in [-0.2, 0) is 19.2 Å². The Hall–Kier alpha value is -2.91. The van der Waals surface area contributed by atoms with E-state index in [4.69, 9.17) is 32.8 Å². The number of esters is 1. The smallest absolute Gasteiger partial charge is 0.341 e. The van der Waals surface area contributed by atoms with E-state index in [0.717, 1.165) is 9.78 Å². The third kappa shape index (κ3) is 3.89. The molecule has 5 rings (SSSR count). The Morgan fingerprint density at radius 1 is 1.08 bits per heavy atom. The highest BCUT2D eigenvalue weighted by molar-refractivity contribution is 7.17. The zero-order chi connectivity index (χ0) is 25.7. The highest BCUT2D eigenvalue weighted by atomic mass is 35.5. The van der Waals surface area contributed by atoms with E-state index in [0.29, 0.717) is 26.9 Å². The van der Waals surface area contributed by atoms with Crippen molar-refractivity contribution in [3.8, 4) is 0 Å². The number of carbonyl (C=O) groups is 3. The molecule has 2 saturated heterocycles. The summed E-state index contributed by atoms with van der Waals surface area (Å²) in [4.78, 5) is 48.5. The van der Waals surface area contributed by atoms with Gasteiger partial charge in [0, 0.05) is 14.9 Å². The first kappa shape index (κ1) is 24.8. The molecule has 10 heteroatoms. The molecule has 2 aliphatic rings. The number of aryl methyl sites for hydroxylation is 1. The van der Waals surface area contributed by atoms with E-state index >= 15 is 0 Å². The van der Waals surface area contributed by atoms with Crippen molar-refractivity contribution in [2.24, 2.45) is 5.92 Å². The summed E-state index contributed by atoms with van der Waals surface area (Å²) in [5.41, 5.74) is 2.17. The molecule has 3 heterocycles. The van der Waals surface area contributed by atoms with Crippen molar-refractivity contribution in [3.05, 3.63) is 80.1 Å². The number of benzene rings is 2. The summed E-state index contributed by atoms with van der Waals surface area (Å²) in [6.07, 6.45) is -1.09. The first-order valence-corrected chi connectivity index (χ1v) is 12.9. The molecule has 0 unspecified atom stereocenters. The number of hydroxylamine groups is 1. The lowest BCUT2D eigenvalue weighted by Crippen LogP contribution is -2.37. The maximum absolute atomic E-state index is 14.0. The molecule has 2 aliphatic heterocycles. The largest absolute Gasteiger partial charge is 0.462 e. The van der Waals surface area contributed by atoms with Crippen LogP contribution in [0.4, 0.5) is 10.7 Å². The number of halogens is 2. The minimum atomic E-state index is -1.09. The molecule has 0 N–H and O–H groups in total. The van der Waals surface area contributed by atoms with Crippen LogP contribution in [0.1, 0.15) is 39.3 Å². The second kappa shape index (κ2) is 9.52. The summed E-state index contributed by atoms with van der Waals surface area (Å²) in [6, 6.07) is 13.5. The first-order valence-electron chi connectivity index (χ1n) is 11.4. The van der Waals surface area contributed by atoms with E-state index in [-0.39, 0.29) is 17.2 Å². The average Bonchev–Trinajstić information content (AvgIpc) is 3.45. The summed E-state index contributed by atoms with van der Waals surface area (Å²) in [5.74, 6) is -2.47. The van der Waals surface area contributed by atoms with Gasteiger partial charge >= 0.3 is 5.97 Å². The number of ether oxygens (including phenoxy) is 1. The number of fused-ring (bicyclic) bond motifs is 1. The molecule has 186 valence electrons. The van der Waals surface area contributed by atoms with Gasteiger partial charge in [-0.3, -0.25) is 14.4 Å². The maximum Gasteiger partial charge on any atom is 0.341 e.